The Morgan fingerprint density at radius 2 is 2.21 bits per heavy atom. The SMILES string of the molecule is CC(=C\c1ccco1)/C=C1\C(=O)NC(=S)N(C)C1=O. The lowest BCUT2D eigenvalue weighted by Gasteiger charge is -2.25. The molecule has 0 radical (unpaired) electrons. The van der Waals surface area contributed by atoms with Crippen molar-refractivity contribution in [1.82, 2.24) is 10.2 Å². The fourth-order valence-corrected chi connectivity index (χ4v) is 1.79. The quantitative estimate of drug-likeness (QED) is 0.505. The molecule has 1 aliphatic rings. The molecule has 0 spiro atoms. The van der Waals surface area contributed by atoms with Crippen molar-refractivity contribution in [2.75, 3.05) is 7.05 Å². The van der Waals surface area contributed by atoms with Crippen LogP contribution in [-0.2, 0) is 9.59 Å². The van der Waals surface area contributed by atoms with E-state index in [2.05, 4.69) is 5.32 Å². The van der Waals surface area contributed by atoms with E-state index in [0.717, 1.165) is 5.57 Å². The third-order valence-corrected chi connectivity index (χ3v) is 2.97. The molecule has 1 saturated heterocycles. The zero-order valence-corrected chi connectivity index (χ0v) is 11.3. The van der Waals surface area contributed by atoms with Crippen molar-refractivity contribution in [3.63, 3.8) is 0 Å². The van der Waals surface area contributed by atoms with Crippen LogP contribution < -0.4 is 5.32 Å². The van der Waals surface area contributed by atoms with E-state index in [1.807, 2.05) is 0 Å². The van der Waals surface area contributed by atoms with Crippen LogP contribution in [0, 0.1) is 0 Å². The molecule has 0 bridgehead atoms. The normalized spacial score (nSPS) is 19.1. The summed E-state index contributed by atoms with van der Waals surface area (Å²) in [4.78, 5) is 24.9. The molecule has 0 unspecified atom stereocenters. The number of nitrogens with zero attached hydrogens (tertiary/aromatic N) is 1. The maximum atomic E-state index is 11.9. The first-order chi connectivity index (χ1) is 8.99. The van der Waals surface area contributed by atoms with Crippen LogP contribution in [0.25, 0.3) is 6.08 Å². The monoisotopic (exact) mass is 276 g/mol. The van der Waals surface area contributed by atoms with Gasteiger partial charge in [0.05, 0.1) is 6.26 Å². The van der Waals surface area contributed by atoms with Crippen LogP contribution in [0.15, 0.2) is 40.0 Å². The minimum Gasteiger partial charge on any atom is -0.465 e. The number of carbonyl (C=O) groups is 2. The molecular weight excluding hydrogens is 264 g/mol. The summed E-state index contributed by atoms with van der Waals surface area (Å²) in [5.41, 5.74) is 0.783. The molecule has 1 N–H and O–H groups in total. The number of thiocarbonyl (C=S) groups is 1. The van der Waals surface area contributed by atoms with Crippen LogP contribution in [0.4, 0.5) is 0 Å². The van der Waals surface area contributed by atoms with Gasteiger partial charge in [-0.05, 0) is 49.0 Å². The predicted octanol–water partition coefficient (Wildman–Crippen LogP) is 1.48. The van der Waals surface area contributed by atoms with Gasteiger partial charge in [-0.2, -0.15) is 0 Å². The lowest BCUT2D eigenvalue weighted by molar-refractivity contribution is -0.128. The number of furan rings is 1. The van der Waals surface area contributed by atoms with Crippen LogP contribution in [0.5, 0.6) is 0 Å². The first kappa shape index (κ1) is 13.2. The second-order valence-corrected chi connectivity index (χ2v) is 4.47. The topological polar surface area (TPSA) is 62.6 Å². The van der Waals surface area contributed by atoms with E-state index >= 15 is 0 Å². The molecule has 5 nitrogen and oxygen atoms in total. The van der Waals surface area contributed by atoms with Crippen molar-refractivity contribution in [2.45, 2.75) is 6.92 Å². The zero-order chi connectivity index (χ0) is 14.0. The molecule has 0 aliphatic carbocycles. The zero-order valence-electron chi connectivity index (χ0n) is 10.5. The molecule has 0 saturated carbocycles. The van der Waals surface area contributed by atoms with Crippen molar-refractivity contribution in [2.24, 2.45) is 0 Å². The summed E-state index contributed by atoms with van der Waals surface area (Å²) in [6.45, 7) is 1.78. The highest BCUT2D eigenvalue weighted by Crippen LogP contribution is 2.14. The van der Waals surface area contributed by atoms with Crippen molar-refractivity contribution < 1.29 is 14.0 Å². The van der Waals surface area contributed by atoms with E-state index in [-0.39, 0.29) is 10.7 Å². The second kappa shape index (κ2) is 5.19. The Labute approximate surface area is 115 Å². The molecular formula is C13H12N2O3S. The highest BCUT2D eigenvalue weighted by Gasteiger charge is 2.30. The Kier molecular flexibility index (Phi) is 3.62. The van der Waals surface area contributed by atoms with Crippen LogP contribution in [0.2, 0.25) is 0 Å². The Morgan fingerprint density at radius 1 is 1.47 bits per heavy atom. The van der Waals surface area contributed by atoms with Crippen molar-refractivity contribution in [3.05, 3.63) is 41.4 Å². The number of amides is 2. The number of carbonyl (C=O) groups excluding carboxylic acids is 2. The van der Waals surface area contributed by atoms with Gasteiger partial charge in [0.25, 0.3) is 11.8 Å². The Morgan fingerprint density at radius 3 is 2.84 bits per heavy atom. The van der Waals surface area contributed by atoms with Gasteiger partial charge in [-0.3, -0.25) is 19.8 Å². The van der Waals surface area contributed by atoms with Crippen LogP contribution >= 0.6 is 12.2 Å². The van der Waals surface area contributed by atoms with Gasteiger partial charge in [-0.25, -0.2) is 0 Å². The number of likely N-dealkylation sites (N-methyl/N-ethyl adjacent to an activating group) is 1. The van der Waals surface area contributed by atoms with Gasteiger partial charge in [0.1, 0.15) is 11.3 Å². The summed E-state index contributed by atoms with van der Waals surface area (Å²) in [5.74, 6) is -0.247. The molecule has 2 rings (SSSR count). The third kappa shape index (κ3) is 2.79. The number of allylic oxidation sites excluding steroid dienone is 2. The fraction of sp³-hybridized carbons (Fsp3) is 0.154. The lowest BCUT2D eigenvalue weighted by atomic mass is 10.1. The molecule has 2 heterocycles. The largest absolute Gasteiger partial charge is 0.465 e. The first-order valence-corrected chi connectivity index (χ1v) is 5.96. The minimum atomic E-state index is -0.486. The lowest BCUT2D eigenvalue weighted by Crippen LogP contribution is -2.52. The summed E-state index contributed by atoms with van der Waals surface area (Å²) < 4.78 is 5.16. The number of nitrogens with one attached hydrogen (secondary N) is 1. The average molecular weight is 276 g/mol. The Bertz CT molecular complexity index is 599. The van der Waals surface area contributed by atoms with Gasteiger partial charge >= 0.3 is 0 Å². The summed E-state index contributed by atoms with van der Waals surface area (Å²) in [6, 6.07) is 3.54. The van der Waals surface area contributed by atoms with E-state index in [9.17, 15) is 9.59 Å². The highest BCUT2D eigenvalue weighted by atomic mass is 32.1. The van der Waals surface area contributed by atoms with Crippen LogP contribution in [0.3, 0.4) is 0 Å². The van der Waals surface area contributed by atoms with Gasteiger partial charge in [0.2, 0.25) is 0 Å². The molecule has 6 heteroatoms. The van der Waals surface area contributed by atoms with E-state index in [1.54, 1.807) is 31.4 Å². The number of hydrogen-bond donors (Lipinski definition) is 1. The molecule has 1 aromatic heterocycles. The van der Waals surface area contributed by atoms with Crippen molar-refractivity contribution in [3.8, 4) is 0 Å². The predicted molar refractivity (Wildman–Crippen MR) is 74.0 cm³/mol. The Hall–Kier alpha value is -2.21. The van der Waals surface area contributed by atoms with Gasteiger partial charge in [-0.1, -0.05) is 0 Å². The minimum absolute atomic E-state index is 0.0522. The first-order valence-electron chi connectivity index (χ1n) is 5.56. The second-order valence-electron chi connectivity index (χ2n) is 4.09. The van der Waals surface area contributed by atoms with Crippen LogP contribution in [-0.4, -0.2) is 28.9 Å². The fourth-order valence-electron chi connectivity index (χ4n) is 1.61. The van der Waals surface area contributed by atoms with Gasteiger partial charge < -0.3 is 4.42 Å². The summed E-state index contributed by atoms with van der Waals surface area (Å²) in [5, 5.41) is 2.56. The Balaban J connectivity index is 2.29. The molecule has 1 aliphatic heterocycles. The summed E-state index contributed by atoms with van der Waals surface area (Å²) in [7, 11) is 1.52. The molecule has 0 aromatic carbocycles. The van der Waals surface area contributed by atoms with E-state index in [0.29, 0.717) is 5.76 Å². The number of rotatable bonds is 2. The third-order valence-electron chi connectivity index (χ3n) is 2.59. The van der Waals surface area contributed by atoms with E-state index in [4.69, 9.17) is 16.6 Å². The number of hydrogen-bond acceptors (Lipinski definition) is 4. The molecule has 19 heavy (non-hydrogen) atoms. The van der Waals surface area contributed by atoms with Gasteiger partial charge in [0, 0.05) is 7.05 Å². The summed E-state index contributed by atoms with van der Waals surface area (Å²) >= 11 is 4.86. The molecule has 1 fully saturated rings. The van der Waals surface area contributed by atoms with E-state index < -0.39 is 11.8 Å². The van der Waals surface area contributed by atoms with Crippen molar-refractivity contribution >= 4 is 35.2 Å². The highest BCUT2D eigenvalue weighted by molar-refractivity contribution is 7.80. The summed E-state index contributed by atoms with van der Waals surface area (Å²) in [6.07, 6.45) is 4.80. The maximum absolute atomic E-state index is 11.9. The standard InChI is InChI=1S/C13H12N2O3S/c1-8(6-9-4-3-5-18-9)7-10-11(16)14-13(19)15(2)12(10)17/h3-7H,1-2H3,(H,14,16,19)/b8-6+,10-7+. The van der Waals surface area contributed by atoms with Crippen molar-refractivity contribution in [1.29, 1.82) is 0 Å². The van der Waals surface area contributed by atoms with E-state index in [1.165, 1.54) is 18.0 Å². The van der Waals surface area contributed by atoms with Gasteiger partial charge in [0.15, 0.2) is 5.11 Å². The van der Waals surface area contributed by atoms with Gasteiger partial charge in [-0.15, -0.1) is 0 Å². The molecule has 1 aromatic rings. The molecule has 98 valence electrons. The molecule has 2 amide bonds. The van der Waals surface area contributed by atoms with Crippen LogP contribution in [0.1, 0.15) is 12.7 Å². The smallest absolute Gasteiger partial charge is 0.265 e. The maximum Gasteiger partial charge on any atom is 0.265 e. The molecule has 0 atom stereocenters. The average Bonchev–Trinajstić information content (AvgIpc) is 2.85.